The lowest BCUT2D eigenvalue weighted by molar-refractivity contribution is 0.228. The van der Waals surface area contributed by atoms with Crippen molar-refractivity contribution in [2.24, 2.45) is 0 Å². The first kappa shape index (κ1) is 40.4. The summed E-state index contributed by atoms with van der Waals surface area (Å²) in [6.07, 6.45) is 6.06. The van der Waals surface area contributed by atoms with E-state index in [2.05, 4.69) is 31.9 Å². The second kappa shape index (κ2) is 22.0. The molecule has 0 aliphatic heterocycles. The van der Waals surface area contributed by atoms with Gasteiger partial charge in [0.05, 0.1) is 0 Å². The summed E-state index contributed by atoms with van der Waals surface area (Å²) >= 11 is 0. The predicted molar refractivity (Wildman–Crippen MR) is 192 cm³/mol. The highest BCUT2D eigenvalue weighted by atomic mass is 16.3. The lowest BCUT2D eigenvalue weighted by Crippen LogP contribution is -2.46. The van der Waals surface area contributed by atoms with Gasteiger partial charge in [-0.25, -0.2) is 14.4 Å². The van der Waals surface area contributed by atoms with Gasteiger partial charge < -0.3 is 60.9 Å². The highest BCUT2D eigenvalue weighted by Crippen LogP contribution is 2.00. The molecule has 0 fully saturated rings. The smallest absolute Gasteiger partial charge is 0.314 e. The Hall–Kier alpha value is -5.98. The van der Waals surface area contributed by atoms with Crippen LogP contribution in [0.25, 0.3) is 0 Å². The molecule has 19 nitrogen and oxygen atoms in total. The van der Waals surface area contributed by atoms with Crippen molar-refractivity contribution in [1.82, 2.24) is 50.5 Å². The molecular weight excluding hydrogens is 680 g/mol. The predicted octanol–water partition coefficient (Wildman–Crippen LogP) is -0.941. The van der Waals surface area contributed by atoms with E-state index in [1.807, 2.05) is 4.90 Å². The molecule has 9 N–H and O–H groups in total. The molecule has 3 rings (SSSR count). The van der Waals surface area contributed by atoms with Gasteiger partial charge in [-0.05, 0) is 55.7 Å². The van der Waals surface area contributed by atoms with Crippen LogP contribution in [0.5, 0.6) is 17.2 Å². The number of aromatic nitrogens is 3. The molecule has 3 aromatic rings. The van der Waals surface area contributed by atoms with Gasteiger partial charge in [0.25, 0.3) is 16.7 Å². The maximum absolute atomic E-state index is 12.3. The molecule has 284 valence electrons. The zero-order valence-corrected chi connectivity index (χ0v) is 28.9. The zero-order chi connectivity index (χ0) is 37.7. The molecule has 0 saturated heterocycles. The molecule has 3 aromatic heterocycles. The summed E-state index contributed by atoms with van der Waals surface area (Å²) in [5.74, 6) is -1.03. The van der Waals surface area contributed by atoms with Gasteiger partial charge in [0.1, 0.15) is 0 Å². The minimum absolute atomic E-state index is 0.263. The number of aromatic hydroxyl groups is 3. The Balaban J connectivity index is 1.37. The van der Waals surface area contributed by atoms with Crippen LogP contribution in [0.2, 0.25) is 0 Å². The number of urea groups is 3. The lowest BCUT2D eigenvalue weighted by atomic mass is 10.3. The SMILES string of the molecule is O=C(NCCCn1cccc(O)c1=O)NCCN(CCNC(=O)NCCCn1cccc(O)c1=O)CCNC(=O)NCCCn1cccc(O)c1=O. The first-order valence-corrected chi connectivity index (χ1v) is 17.0. The summed E-state index contributed by atoms with van der Waals surface area (Å²) in [6.45, 7) is 3.83. The van der Waals surface area contributed by atoms with E-state index in [9.17, 15) is 44.1 Å². The van der Waals surface area contributed by atoms with Gasteiger partial charge in [0.2, 0.25) is 0 Å². The number of carbonyl (C=O) groups is 3. The van der Waals surface area contributed by atoms with Crippen molar-refractivity contribution in [3.63, 3.8) is 0 Å². The standard InChI is InChI=1S/C33H48N10O9/c44-25-7-1-16-41(28(25)47)19-4-10-34-31(50)37-13-22-40(23-14-38-32(51)35-11-5-20-42-17-2-8-26(45)29(42)48)24-15-39-33(52)36-12-6-21-43-18-3-9-27(46)30(43)49/h1-3,7-9,16-18,44-46H,4-6,10-15,19-24H2,(H2,34,37,50)(H2,35,38,51)(H2,36,39,52). The van der Waals surface area contributed by atoms with E-state index in [-0.39, 0.29) is 36.9 Å². The van der Waals surface area contributed by atoms with Gasteiger partial charge >= 0.3 is 18.1 Å². The van der Waals surface area contributed by atoms with Crippen LogP contribution in [0.3, 0.4) is 0 Å². The maximum atomic E-state index is 12.3. The third kappa shape index (κ3) is 14.5. The molecule has 3 heterocycles. The molecule has 0 radical (unpaired) electrons. The zero-order valence-electron chi connectivity index (χ0n) is 28.9. The number of aryl methyl sites for hydroxylation is 3. The fraction of sp³-hybridized carbons (Fsp3) is 0.455. The molecule has 0 saturated carbocycles. The fourth-order valence-electron chi connectivity index (χ4n) is 4.96. The van der Waals surface area contributed by atoms with E-state index in [1.165, 1.54) is 31.9 Å². The third-order valence-electron chi connectivity index (χ3n) is 7.73. The summed E-state index contributed by atoms with van der Waals surface area (Å²) in [7, 11) is 0. The van der Waals surface area contributed by atoms with Crippen molar-refractivity contribution in [3.8, 4) is 17.2 Å². The first-order valence-electron chi connectivity index (χ1n) is 17.0. The van der Waals surface area contributed by atoms with Crippen molar-refractivity contribution >= 4 is 18.1 Å². The minimum Gasteiger partial charge on any atom is -0.503 e. The highest BCUT2D eigenvalue weighted by Gasteiger charge is 2.10. The molecule has 0 aliphatic rings. The van der Waals surface area contributed by atoms with Crippen molar-refractivity contribution in [2.75, 3.05) is 58.9 Å². The summed E-state index contributed by atoms with van der Waals surface area (Å²) in [5, 5.41) is 45.1. The molecule has 52 heavy (non-hydrogen) atoms. The second-order valence-corrected chi connectivity index (χ2v) is 11.6. The van der Waals surface area contributed by atoms with E-state index in [1.54, 1.807) is 36.8 Å². The summed E-state index contributed by atoms with van der Waals surface area (Å²) in [4.78, 5) is 74.6. The van der Waals surface area contributed by atoms with E-state index < -0.39 is 34.8 Å². The van der Waals surface area contributed by atoms with Gasteiger partial charge in [0, 0.05) is 97.1 Å². The van der Waals surface area contributed by atoms with Gasteiger partial charge in [-0.2, -0.15) is 0 Å². The number of carbonyl (C=O) groups excluding carboxylic acids is 3. The van der Waals surface area contributed by atoms with Gasteiger partial charge in [-0.1, -0.05) is 0 Å². The summed E-state index contributed by atoms with van der Waals surface area (Å²) in [6, 6.07) is 7.40. The number of amides is 6. The van der Waals surface area contributed by atoms with Gasteiger partial charge in [-0.3, -0.25) is 19.3 Å². The van der Waals surface area contributed by atoms with E-state index in [0.717, 1.165) is 0 Å². The Kier molecular flexibility index (Phi) is 17.1. The van der Waals surface area contributed by atoms with E-state index in [4.69, 9.17) is 0 Å². The molecule has 19 heteroatoms. The normalized spacial score (nSPS) is 10.8. The van der Waals surface area contributed by atoms with Crippen LogP contribution in [0.4, 0.5) is 14.4 Å². The monoisotopic (exact) mass is 728 g/mol. The van der Waals surface area contributed by atoms with Gasteiger partial charge in [-0.15, -0.1) is 0 Å². The van der Waals surface area contributed by atoms with Crippen LogP contribution in [0.1, 0.15) is 19.3 Å². The molecule has 0 aliphatic carbocycles. The number of nitrogens with zero attached hydrogens (tertiary/aromatic N) is 4. The van der Waals surface area contributed by atoms with Crippen LogP contribution in [0, 0.1) is 0 Å². The third-order valence-corrected chi connectivity index (χ3v) is 7.73. The largest absolute Gasteiger partial charge is 0.503 e. The van der Waals surface area contributed by atoms with Crippen LogP contribution in [-0.2, 0) is 19.6 Å². The average molecular weight is 729 g/mol. The number of pyridine rings is 3. The number of nitrogens with one attached hydrogen (secondary N) is 6. The molecule has 0 spiro atoms. The molecule has 0 bridgehead atoms. The Morgan fingerprint density at radius 3 is 1.04 bits per heavy atom. The Morgan fingerprint density at radius 1 is 0.481 bits per heavy atom. The van der Waals surface area contributed by atoms with Crippen molar-refractivity contribution < 1.29 is 29.7 Å². The fourth-order valence-corrected chi connectivity index (χ4v) is 4.96. The van der Waals surface area contributed by atoms with E-state index >= 15 is 0 Å². The first-order chi connectivity index (χ1) is 25.0. The van der Waals surface area contributed by atoms with Gasteiger partial charge in [0.15, 0.2) is 17.2 Å². The molecule has 0 atom stereocenters. The second-order valence-electron chi connectivity index (χ2n) is 11.6. The van der Waals surface area contributed by atoms with Crippen molar-refractivity contribution in [3.05, 3.63) is 86.1 Å². The summed E-state index contributed by atoms with van der Waals surface area (Å²) < 4.78 is 4.07. The highest BCUT2D eigenvalue weighted by molar-refractivity contribution is 5.74. The average Bonchev–Trinajstić information content (AvgIpc) is 3.12. The van der Waals surface area contributed by atoms with E-state index in [0.29, 0.717) is 78.2 Å². The van der Waals surface area contributed by atoms with Crippen molar-refractivity contribution in [1.29, 1.82) is 0 Å². The molecule has 6 amide bonds. The van der Waals surface area contributed by atoms with Crippen LogP contribution >= 0.6 is 0 Å². The number of hydrogen-bond acceptors (Lipinski definition) is 10. The Labute approximate surface area is 299 Å². The Bertz CT molecular complexity index is 1570. The van der Waals surface area contributed by atoms with Crippen LogP contribution in [-0.4, -0.2) is 111 Å². The van der Waals surface area contributed by atoms with Crippen LogP contribution in [0.15, 0.2) is 69.4 Å². The Morgan fingerprint density at radius 2 is 0.750 bits per heavy atom. The minimum atomic E-state index is -0.503. The molecule has 0 unspecified atom stereocenters. The molecular formula is C33H48N10O9. The number of hydrogen-bond donors (Lipinski definition) is 9. The topological polar surface area (TPSA) is 253 Å². The lowest BCUT2D eigenvalue weighted by Gasteiger charge is -2.23. The van der Waals surface area contributed by atoms with Crippen LogP contribution < -0.4 is 48.6 Å². The summed E-state index contributed by atoms with van der Waals surface area (Å²) in [5.41, 5.74) is -1.51. The quantitative estimate of drug-likeness (QED) is 0.0609. The number of rotatable bonds is 21. The van der Waals surface area contributed by atoms with Crippen molar-refractivity contribution in [2.45, 2.75) is 38.9 Å². The molecule has 0 aromatic carbocycles. The maximum Gasteiger partial charge on any atom is 0.314 e.